The third-order valence-electron chi connectivity index (χ3n) is 5.59. The number of nitrogens with one attached hydrogen (secondary N) is 2. The van der Waals surface area contributed by atoms with Gasteiger partial charge in [-0.3, -0.25) is 0 Å². The maximum atomic E-state index is 14.8. The summed E-state index contributed by atoms with van der Waals surface area (Å²) < 4.78 is 14.8. The summed E-state index contributed by atoms with van der Waals surface area (Å²) in [5.74, 6) is 0.399. The van der Waals surface area contributed by atoms with Crippen LogP contribution in [0.15, 0.2) is 40.7 Å². The van der Waals surface area contributed by atoms with Crippen LogP contribution in [0.3, 0.4) is 0 Å². The van der Waals surface area contributed by atoms with E-state index in [1.165, 1.54) is 11.3 Å². The Hall–Kier alpha value is -1.43. The Morgan fingerprint density at radius 2 is 1.94 bits per heavy atom. The Balaban J connectivity index is 0.00000363. The third kappa shape index (κ3) is 7.29. The summed E-state index contributed by atoms with van der Waals surface area (Å²) in [4.78, 5) is 9.96. The first-order chi connectivity index (χ1) is 14.9. The van der Waals surface area contributed by atoms with Gasteiger partial charge < -0.3 is 25.5 Å². The van der Waals surface area contributed by atoms with Crippen LogP contribution in [0.1, 0.15) is 31.2 Å². The molecule has 0 spiro atoms. The Morgan fingerprint density at radius 3 is 2.53 bits per heavy atom. The van der Waals surface area contributed by atoms with E-state index in [4.69, 9.17) is 0 Å². The molecule has 0 saturated carbocycles. The highest BCUT2D eigenvalue weighted by atomic mass is 127. The monoisotopic (exact) mass is 575 g/mol. The van der Waals surface area contributed by atoms with Gasteiger partial charge in [-0.05, 0) is 49.5 Å². The first kappa shape index (κ1) is 26.8. The van der Waals surface area contributed by atoms with Gasteiger partial charge in [-0.25, -0.2) is 9.38 Å². The molecular weight excluding hydrogens is 540 g/mol. The van der Waals surface area contributed by atoms with Crippen molar-refractivity contribution in [1.29, 1.82) is 0 Å². The molecule has 1 atom stereocenters. The maximum absolute atomic E-state index is 14.8. The number of likely N-dealkylation sites (N-methyl/N-ethyl adjacent to an activating group) is 1. The molecule has 32 heavy (non-hydrogen) atoms. The van der Waals surface area contributed by atoms with Crippen molar-refractivity contribution in [1.82, 2.24) is 15.5 Å². The van der Waals surface area contributed by atoms with E-state index in [2.05, 4.69) is 32.3 Å². The van der Waals surface area contributed by atoms with Crippen LogP contribution in [0.2, 0.25) is 0 Å². The van der Waals surface area contributed by atoms with E-state index in [-0.39, 0.29) is 29.8 Å². The number of aliphatic hydroxyl groups is 1. The molecule has 1 aliphatic rings. The average molecular weight is 576 g/mol. The molecule has 1 fully saturated rings. The molecule has 3 rings (SSSR count). The number of nitrogens with zero attached hydrogens (tertiary/aromatic N) is 3. The number of piperazine rings is 1. The Bertz CT molecular complexity index is 854. The first-order valence-corrected chi connectivity index (χ1v) is 11.8. The molecule has 178 valence electrons. The van der Waals surface area contributed by atoms with Crippen LogP contribution in [0.5, 0.6) is 0 Å². The molecule has 1 aromatic heterocycles. The van der Waals surface area contributed by atoms with Crippen molar-refractivity contribution < 1.29 is 9.50 Å². The van der Waals surface area contributed by atoms with Crippen molar-refractivity contribution in [3.63, 3.8) is 0 Å². The molecule has 1 saturated heterocycles. The van der Waals surface area contributed by atoms with Crippen LogP contribution in [0.4, 0.5) is 10.1 Å². The molecule has 1 unspecified atom stereocenters. The lowest BCUT2D eigenvalue weighted by atomic mass is 10.1. The summed E-state index contributed by atoms with van der Waals surface area (Å²) in [6.07, 6.45) is 0. The van der Waals surface area contributed by atoms with Gasteiger partial charge in [0.2, 0.25) is 0 Å². The molecule has 2 aromatic rings. The Morgan fingerprint density at radius 1 is 1.19 bits per heavy atom. The highest BCUT2D eigenvalue weighted by Gasteiger charge is 2.24. The van der Waals surface area contributed by atoms with Crippen molar-refractivity contribution in [2.75, 3.05) is 50.7 Å². The van der Waals surface area contributed by atoms with Crippen LogP contribution in [0, 0.1) is 5.82 Å². The minimum Gasteiger partial charge on any atom is -0.383 e. The van der Waals surface area contributed by atoms with Gasteiger partial charge in [0.1, 0.15) is 11.4 Å². The molecule has 9 heteroatoms. The molecule has 3 N–H and O–H groups in total. The number of rotatable bonds is 8. The third-order valence-corrected chi connectivity index (χ3v) is 6.71. The van der Waals surface area contributed by atoms with Gasteiger partial charge in [-0.15, -0.1) is 35.3 Å². The Labute approximate surface area is 211 Å². The van der Waals surface area contributed by atoms with Crippen LogP contribution < -0.4 is 15.5 Å². The minimum absolute atomic E-state index is 0. The fourth-order valence-corrected chi connectivity index (χ4v) is 4.44. The summed E-state index contributed by atoms with van der Waals surface area (Å²) in [7, 11) is 0. The normalized spacial score (nSPS) is 16.9. The molecule has 0 radical (unpaired) electrons. The number of benzene rings is 1. The highest BCUT2D eigenvalue weighted by molar-refractivity contribution is 14.0. The van der Waals surface area contributed by atoms with Gasteiger partial charge in [-0.1, -0.05) is 19.1 Å². The second-order valence-corrected chi connectivity index (χ2v) is 8.95. The second-order valence-electron chi connectivity index (χ2n) is 8.01. The van der Waals surface area contributed by atoms with E-state index in [1.807, 2.05) is 36.6 Å². The summed E-state index contributed by atoms with van der Waals surface area (Å²) in [6.45, 7) is 12.0. The number of hydrogen-bond acceptors (Lipinski definition) is 5. The molecule has 1 aromatic carbocycles. The van der Waals surface area contributed by atoms with E-state index in [0.29, 0.717) is 31.3 Å². The second kappa shape index (κ2) is 12.7. The van der Waals surface area contributed by atoms with Crippen LogP contribution in [-0.2, 0) is 12.1 Å². The van der Waals surface area contributed by atoms with Gasteiger partial charge in [0.15, 0.2) is 5.96 Å². The average Bonchev–Trinajstić information content (AvgIpc) is 3.32. The molecule has 1 aliphatic heterocycles. The van der Waals surface area contributed by atoms with Crippen molar-refractivity contribution in [3.8, 4) is 0 Å². The standard InChI is InChI=1S/C23H34FN5OS.HI/c1-4-25-22(27-17-23(3,30)21-7-6-14-31-21)26-16-18-8-9-20(19(24)15-18)29-12-10-28(5-2)11-13-29;/h6-9,14-15,30H,4-5,10-13,16-17H2,1-3H3,(H2,25,26,27);1H. The molecule has 2 heterocycles. The molecular formula is C23H35FIN5OS. The quantitative estimate of drug-likeness (QED) is 0.255. The van der Waals surface area contributed by atoms with Gasteiger partial charge in [-0.2, -0.15) is 0 Å². The smallest absolute Gasteiger partial charge is 0.191 e. The SMILES string of the molecule is CCNC(=NCc1ccc(N2CCN(CC)CC2)c(F)c1)NCC(C)(O)c1cccs1.I. The lowest BCUT2D eigenvalue weighted by molar-refractivity contribution is 0.0655. The summed E-state index contributed by atoms with van der Waals surface area (Å²) in [5, 5.41) is 19.0. The number of aliphatic imine (C=N–C) groups is 1. The van der Waals surface area contributed by atoms with E-state index in [9.17, 15) is 9.50 Å². The zero-order valence-corrected chi connectivity index (χ0v) is 22.3. The topological polar surface area (TPSA) is 63.1 Å². The largest absolute Gasteiger partial charge is 0.383 e. The van der Waals surface area contributed by atoms with Crippen molar-refractivity contribution in [3.05, 3.63) is 52.0 Å². The van der Waals surface area contributed by atoms with Gasteiger partial charge >= 0.3 is 0 Å². The van der Waals surface area contributed by atoms with Crippen molar-refractivity contribution in [2.45, 2.75) is 32.9 Å². The van der Waals surface area contributed by atoms with E-state index in [1.54, 1.807) is 13.0 Å². The van der Waals surface area contributed by atoms with E-state index >= 15 is 0 Å². The number of hydrogen-bond donors (Lipinski definition) is 3. The minimum atomic E-state index is -0.986. The summed E-state index contributed by atoms with van der Waals surface area (Å²) >= 11 is 1.52. The van der Waals surface area contributed by atoms with E-state index in [0.717, 1.165) is 43.2 Å². The maximum Gasteiger partial charge on any atom is 0.191 e. The molecule has 0 bridgehead atoms. The van der Waals surface area contributed by atoms with Crippen LogP contribution in [-0.4, -0.2) is 61.8 Å². The predicted octanol–water partition coefficient (Wildman–Crippen LogP) is 3.61. The fourth-order valence-electron chi connectivity index (χ4n) is 3.65. The highest BCUT2D eigenvalue weighted by Crippen LogP contribution is 2.24. The first-order valence-electron chi connectivity index (χ1n) is 11.0. The van der Waals surface area contributed by atoms with Crippen LogP contribution >= 0.6 is 35.3 Å². The number of anilines is 1. The number of thiophene rings is 1. The van der Waals surface area contributed by atoms with E-state index < -0.39 is 5.60 Å². The number of guanidine groups is 1. The summed E-state index contributed by atoms with van der Waals surface area (Å²) in [6, 6.07) is 9.23. The molecule has 0 amide bonds. The lowest BCUT2D eigenvalue weighted by Gasteiger charge is -2.35. The molecule has 0 aliphatic carbocycles. The Kier molecular flexibility index (Phi) is 10.7. The van der Waals surface area contributed by atoms with Crippen LogP contribution in [0.25, 0.3) is 0 Å². The lowest BCUT2D eigenvalue weighted by Crippen LogP contribution is -2.46. The predicted molar refractivity (Wildman–Crippen MR) is 143 cm³/mol. The number of halogens is 2. The van der Waals surface area contributed by atoms with Gasteiger partial charge in [0.25, 0.3) is 0 Å². The van der Waals surface area contributed by atoms with Gasteiger partial charge in [0, 0.05) is 37.6 Å². The zero-order chi connectivity index (χ0) is 22.3. The van der Waals surface area contributed by atoms with Gasteiger partial charge in [0.05, 0.1) is 18.8 Å². The van der Waals surface area contributed by atoms with Crippen molar-refractivity contribution >= 4 is 47.0 Å². The van der Waals surface area contributed by atoms with Crippen molar-refractivity contribution in [2.24, 2.45) is 4.99 Å². The summed E-state index contributed by atoms with van der Waals surface area (Å²) in [5.41, 5.74) is 0.496. The fraction of sp³-hybridized carbons (Fsp3) is 0.522. The zero-order valence-electron chi connectivity index (χ0n) is 19.1. The molecule has 6 nitrogen and oxygen atoms in total.